The summed E-state index contributed by atoms with van der Waals surface area (Å²) in [7, 11) is 1.88. The summed E-state index contributed by atoms with van der Waals surface area (Å²) in [5.41, 5.74) is 0. The minimum absolute atomic E-state index is 0.798. The molecule has 1 N–H and O–H groups in total. The lowest BCUT2D eigenvalue weighted by Gasteiger charge is -2.16. The predicted molar refractivity (Wildman–Crippen MR) is 67.7 cm³/mol. The van der Waals surface area contributed by atoms with Crippen molar-refractivity contribution in [2.75, 3.05) is 25.5 Å². The molecule has 0 aliphatic carbocycles. The molecule has 0 saturated carbocycles. The third-order valence-electron chi connectivity index (χ3n) is 3.29. The third kappa shape index (κ3) is 2.71. The van der Waals surface area contributed by atoms with Crippen molar-refractivity contribution in [1.29, 1.82) is 0 Å². The van der Waals surface area contributed by atoms with E-state index in [0.29, 0.717) is 0 Å². The minimum Gasteiger partial charge on any atom is -0.363 e. The Morgan fingerprint density at radius 1 is 1.50 bits per heavy atom. The van der Waals surface area contributed by atoms with Gasteiger partial charge in [-0.05, 0) is 24.8 Å². The van der Waals surface area contributed by atoms with Gasteiger partial charge in [-0.1, -0.05) is 25.2 Å². The van der Waals surface area contributed by atoms with E-state index in [1.807, 2.05) is 7.05 Å². The van der Waals surface area contributed by atoms with Crippen LogP contribution in [0.5, 0.6) is 0 Å². The number of nitrogens with zero attached hydrogens (tertiary/aromatic N) is 3. The summed E-state index contributed by atoms with van der Waals surface area (Å²) >= 11 is 1.65. The predicted octanol–water partition coefficient (Wildman–Crippen LogP) is 2.06. The Balaban J connectivity index is 1.87. The van der Waals surface area contributed by atoms with Gasteiger partial charge in [0.25, 0.3) is 0 Å². The van der Waals surface area contributed by atoms with Crippen molar-refractivity contribution < 1.29 is 0 Å². The second-order valence-electron chi connectivity index (χ2n) is 4.78. The van der Waals surface area contributed by atoms with Crippen molar-refractivity contribution in [3.63, 3.8) is 0 Å². The molecule has 4 nitrogen and oxygen atoms in total. The number of anilines is 1. The molecule has 0 amide bonds. The van der Waals surface area contributed by atoms with E-state index in [2.05, 4.69) is 34.3 Å². The molecule has 0 radical (unpaired) electrons. The second kappa shape index (κ2) is 5.10. The van der Waals surface area contributed by atoms with Crippen molar-refractivity contribution in [3.8, 4) is 0 Å². The van der Waals surface area contributed by atoms with Gasteiger partial charge < -0.3 is 5.32 Å². The van der Waals surface area contributed by atoms with Crippen LogP contribution >= 0.6 is 11.3 Å². The standard InChI is InChI=1S/C11H20N4S/c1-8(2)9-4-5-15(6-9)7-10-13-14-11(12-3)16-10/h8-9H,4-7H2,1-3H3,(H,12,14). The van der Waals surface area contributed by atoms with E-state index in [9.17, 15) is 0 Å². The first-order valence-corrected chi connectivity index (χ1v) is 6.73. The first kappa shape index (κ1) is 11.8. The molecule has 5 heteroatoms. The Labute approximate surface area is 101 Å². The van der Waals surface area contributed by atoms with Crippen LogP contribution in [0.3, 0.4) is 0 Å². The molecule has 1 aliphatic heterocycles. The van der Waals surface area contributed by atoms with E-state index < -0.39 is 0 Å². The number of nitrogens with one attached hydrogen (secondary N) is 1. The smallest absolute Gasteiger partial charge is 0.205 e. The molecule has 1 unspecified atom stereocenters. The van der Waals surface area contributed by atoms with Crippen molar-refractivity contribution in [1.82, 2.24) is 15.1 Å². The van der Waals surface area contributed by atoms with Crippen LogP contribution in [0.25, 0.3) is 0 Å². The lowest BCUT2D eigenvalue weighted by Crippen LogP contribution is -2.21. The summed E-state index contributed by atoms with van der Waals surface area (Å²) in [6.45, 7) is 8.02. The van der Waals surface area contributed by atoms with Crippen LogP contribution in [0.4, 0.5) is 5.13 Å². The summed E-state index contributed by atoms with van der Waals surface area (Å²) in [4.78, 5) is 2.49. The van der Waals surface area contributed by atoms with Crippen molar-refractivity contribution in [2.45, 2.75) is 26.8 Å². The van der Waals surface area contributed by atoms with Gasteiger partial charge in [0.05, 0.1) is 6.54 Å². The second-order valence-corrected chi connectivity index (χ2v) is 5.84. The van der Waals surface area contributed by atoms with E-state index in [-0.39, 0.29) is 0 Å². The molecule has 1 aliphatic rings. The van der Waals surface area contributed by atoms with Gasteiger partial charge in [0, 0.05) is 13.6 Å². The quantitative estimate of drug-likeness (QED) is 0.874. The fraction of sp³-hybridized carbons (Fsp3) is 0.818. The summed E-state index contributed by atoms with van der Waals surface area (Å²) < 4.78 is 0. The molecule has 16 heavy (non-hydrogen) atoms. The molecule has 0 aromatic carbocycles. The maximum atomic E-state index is 4.18. The molecule has 0 spiro atoms. The van der Waals surface area contributed by atoms with Crippen LogP contribution in [-0.4, -0.2) is 35.2 Å². The minimum atomic E-state index is 0.798. The molecular formula is C11H20N4S. The van der Waals surface area contributed by atoms with Crippen molar-refractivity contribution in [3.05, 3.63) is 5.01 Å². The summed E-state index contributed by atoms with van der Waals surface area (Å²) in [5, 5.41) is 13.3. The number of likely N-dealkylation sites (tertiary alicyclic amines) is 1. The topological polar surface area (TPSA) is 41.1 Å². The van der Waals surface area contributed by atoms with Crippen LogP contribution in [0.1, 0.15) is 25.3 Å². The number of aromatic nitrogens is 2. The maximum Gasteiger partial charge on any atom is 0.205 e. The van der Waals surface area contributed by atoms with Crippen LogP contribution in [0.2, 0.25) is 0 Å². The molecule has 1 atom stereocenters. The molecule has 2 heterocycles. The summed E-state index contributed by atoms with van der Waals surface area (Å²) in [5.74, 6) is 1.66. The van der Waals surface area contributed by atoms with Gasteiger partial charge in [-0.3, -0.25) is 4.90 Å². The molecule has 1 aromatic heterocycles. The Morgan fingerprint density at radius 2 is 2.31 bits per heavy atom. The zero-order chi connectivity index (χ0) is 11.5. The first-order chi connectivity index (χ1) is 7.69. The number of hydrogen-bond acceptors (Lipinski definition) is 5. The molecule has 1 aromatic rings. The van der Waals surface area contributed by atoms with E-state index in [0.717, 1.165) is 28.5 Å². The molecule has 0 bridgehead atoms. The average Bonchev–Trinajstić information content (AvgIpc) is 2.87. The Hall–Kier alpha value is -0.680. The highest BCUT2D eigenvalue weighted by atomic mass is 32.1. The largest absolute Gasteiger partial charge is 0.363 e. The van der Waals surface area contributed by atoms with Crippen LogP contribution in [-0.2, 0) is 6.54 Å². The number of hydrogen-bond donors (Lipinski definition) is 1. The van der Waals surface area contributed by atoms with Gasteiger partial charge in [0.15, 0.2) is 0 Å². The maximum absolute atomic E-state index is 4.18. The van der Waals surface area contributed by atoms with E-state index >= 15 is 0 Å². The van der Waals surface area contributed by atoms with Crippen LogP contribution in [0, 0.1) is 11.8 Å². The lowest BCUT2D eigenvalue weighted by atomic mass is 9.95. The molecule has 90 valence electrons. The Kier molecular flexibility index (Phi) is 3.76. The zero-order valence-electron chi connectivity index (χ0n) is 10.2. The monoisotopic (exact) mass is 240 g/mol. The zero-order valence-corrected chi connectivity index (χ0v) is 11.0. The van der Waals surface area contributed by atoms with Gasteiger partial charge in [0.1, 0.15) is 5.01 Å². The normalized spacial score (nSPS) is 21.9. The average molecular weight is 240 g/mol. The molecular weight excluding hydrogens is 220 g/mol. The third-order valence-corrected chi connectivity index (χ3v) is 4.22. The lowest BCUT2D eigenvalue weighted by molar-refractivity contribution is 0.296. The Bertz CT molecular complexity index is 336. The fourth-order valence-corrected chi connectivity index (χ4v) is 2.90. The first-order valence-electron chi connectivity index (χ1n) is 5.91. The molecule has 2 rings (SSSR count). The Morgan fingerprint density at radius 3 is 2.88 bits per heavy atom. The highest BCUT2D eigenvalue weighted by Crippen LogP contribution is 2.25. The van der Waals surface area contributed by atoms with E-state index in [1.54, 1.807) is 11.3 Å². The van der Waals surface area contributed by atoms with Gasteiger partial charge >= 0.3 is 0 Å². The van der Waals surface area contributed by atoms with Gasteiger partial charge in [-0.25, -0.2) is 0 Å². The summed E-state index contributed by atoms with van der Waals surface area (Å²) in [6, 6.07) is 0. The van der Waals surface area contributed by atoms with E-state index in [4.69, 9.17) is 0 Å². The summed E-state index contributed by atoms with van der Waals surface area (Å²) in [6.07, 6.45) is 1.33. The van der Waals surface area contributed by atoms with Gasteiger partial charge in [0.2, 0.25) is 5.13 Å². The number of rotatable bonds is 4. The fourth-order valence-electron chi connectivity index (χ4n) is 2.16. The van der Waals surface area contributed by atoms with Gasteiger partial charge in [-0.15, -0.1) is 10.2 Å². The molecule has 1 saturated heterocycles. The van der Waals surface area contributed by atoms with Crippen molar-refractivity contribution in [2.24, 2.45) is 11.8 Å². The van der Waals surface area contributed by atoms with E-state index in [1.165, 1.54) is 19.5 Å². The van der Waals surface area contributed by atoms with Crippen molar-refractivity contribution >= 4 is 16.5 Å². The van der Waals surface area contributed by atoms with Crippen LogP contribution in [0.15, 0.2) is 0 Å². The molecule has 1 fully saturated rings. The highest BCUT2D eigenvalue weighted by molar-refractivity contribution is 7.15. The van der Waals surface area contributed by atoms with Gasteiger partial charge in [-0.2, -0.15) is 0 Å². The highest BCUT2D eigenvalue weighted by Gasteiger charge is 2.25. The van der Waals surface area contributed by atoms with Crippen LogP contribution < -0.4 is 5.32 Å². The SMILES string of the molecule is CNc1nnc(CN2CCC(C(C)C)C2)s1.